The highest BCUT2D eigenvalue weighted by Crippen LogP contribution is 2.26. The fraction of sp³-hybridized carbons (Fsp3) is 0.391. The minimum Gasteiger partial charge on any atom is -0.493 e. The minimum atomic E-state index is -0.593. The lowest BCUT2D eigenvalue weighted by atomic mass is 10.1. The lowest BCUT2D eigenvalue weighted by Gasteiger charge is -2.36. The van der Waals surface area contributed by atoms with Gasteiger partial charge in [-0.3, -0.25) is 14.3 Å². The molecule has 30 heavy (non-hydrogen) atoms. The molecule has 1 aromatic heterocycles. The highest BCUT2D eigenvalue weighted by atomic mass is 16.5. The van der Waals surface area contributed by atoms with Crippen molar-refractivity contribution in [2.45, 2.75) is 25.9 Å². The SMILES string of the molecule is CC(C(=O)N1CCN(Cc2ccc3c(c2)CCO3)CC1)n1c(=O)oc2ccccc21. The molecular formula is C23H25N3O4. The highest BCUT2D eigenvalue weighted by molar-refractivity contribution is 5.83. The third kappa shape index (κ3) is 3.39. The molecule has 2 aromatic carbocycles. The van der Waals surface area contributed by atoms with Crippen molar-refractivity contribution >= 4 is 17.0 Å². The van der Waals surface area contributed by atoms with Gasteiger partial charge in [-0.25, -0.2) is 4.79 Å². The first-order chi connectivity index (χ1) is 14.6. The summed E-state index contributed by atoms with van der Waals surface area (Å²) in [6.07, 6.45) is 0.978. The fourth-order valence-corrected chi connectivity index (χ4v) is 4.45. The van der Waals surface area contributed by atoms with E-state index < -0.39 is 11.8 Å². The molecule has 3 aromatic rings. The van der Waals surface area contributed by atoms with Crippen molar-refractivity contribution in [3.63, 3.8) is 0 Å². The van der Waals surface area contributed by atoms with E-state index >= 15 is 0 Å². The highest BCUT2D eigenvalue weighted by Gasteiger charge is 2.28. The number of carbonyl (C=O) groups is 1. The molecule has 0 radical (unpaired) electrons. The Morgan fingerprint density at radius 2 is 1.90 bits per heavy atom. The standard InChI is InChI=1S/C23H25N3O4/c1-16(26-19-4-2-3-5-21(19)30-23(26)28)22(27)25-11-9-24(10-12-25)15-17-6-7-20-18(14-17)8-13-29-20/h2-7,14,16H,8-13,15H2,1H3. The summed E-state index contributed by atoms with van der Waals surface area (Å²) < 4.78 is 12.3. The van der Waals surface area contributed by atoms with Gasteiger partial charge in [-0.05, 0) is 36.2 Å². The summed E-state index contributed by atoms with van der Waals surface area (Å²) in [5.74, 6) is 0.472. The summed E-state index contributed by atoms with van der Waals surface area (Å²) in [6, 6.07) is 13.0. The average molecular weight is 407 g/mol. The molecule has 2 aliphatic heterocycles. The maximum atomic E-state index is 13.1. The zero-order valence-corrected chi connectivity index (χ0v) is 17.0. The Morgan fingerprint density at radius 3 is 2.73 bits per heavy atom. The van der Waals surface area contributed by atoms with Crippen LogP contribution in [-0.4, -0.2) is 53.1 Å². The van der Waals surface area contributed by atoms with Gasteiger partial charge in [0.2, 0.25) is 5.91 Å². The first-order valence-corrected chi connectivity index (χ1v) is 10.5. The van der Waals surface area contributed by atoms with Gasteiger partial charge >= 0.3 is 5.76 Å². The van der Waals surface area contributed by atoms with Crippen LogP contribution in [0.2, 0.25) is 0 Å². The molecule has 5 rings (SSSR count). The number of carbonyl (C=O) groups excluding carboxylic acids is 1. The van der Waals surface area contributed by atoms with Crippen LogP contribution in [0.15, 0.2) is 51.7 Å². The first kappa shape index (κ1) is 18.9. The number of para-hydroxylation sites is 2. The van der Waals surface area contributed by atoms with E-state index in [-0.39, 0.29) is 5.91 Å². The second kappa shape index (κ2) is 7.65. The molecule has 0 N–H and O–H groups in total. The average Bonchev–Trinajstić information content (AvgIpc) is 3.36. The number of piperazine rings is 1. The molecule has 1 unspecified atom stereocenters. The smallest absolute Gasteiger partial charge is 0.420 e. The maximum absolute atomic E-state index is 13.1. The zero-order chi connectivity index (χ0) is 20.7. The predicted octanol–water partition coefficient (Wildman–Crippen LogP) is 2.43. The van der Waals surface area contributed by atoms with Crippen LogP contribution in [0, 0.1) is 0 Å². The van der Waals surface area contributed by atoms with E-state index in [9.17, 15) is 9.59 Å². The van der Waals surface area contributed by atoms with Gasteiger partial charge in [0.1, 0.15) is 11.8 Å². The number of aromatic nitrogens is 1. The summed E-state index contributed by atoms with van der Waals surface area (Å²) in [6.45, 7) is 6.35. The Bertz CT molecular complexity index is 1140. The molecule has 156 valence electrons. The summed E-state index contributed by atoms with van der Waals surface area (Å²) >= 11 is 0. The number of nitrogens with zero attached hydrogens (tertiary/aromatic N) is 3. The number of amides is 1. The Hall–Kier alpha value is -3.06. The van der Waals surface area contributed by atoms with Crippen LogP contribution in [-0.2, 0) is 17.8 Å². The van der Waals surface area contributed by atoms with Crippen LogP contribution in [0.3, 0.4) is 0 Å². The molecule has 1 fully saturated rings. The largest absolute Gasteiger partial charge is 0.493 e. The fourth-order valence-electron chi connectivity index (χ4n) is 4.45. The molecule has 0 spiro atoms. The van der Waals surface area contributed by atoms with Crippen LogP contribution >= 0.6 is 0 Å². The van der Waals surface area contributed by atoms with Crippen molar-refractivity contribution < 1.29 is 13.9 Å². The van der Waals surface area contributed by atoms with Crippen molar-refractivity contribution in [3.05, 3.63) is 64.1 Å². The molecule has 7 heteroatoms. The van der Waals surface area contributed by atoms with E-state index in [1.807, 2.05) is 23.1 Å². The Labute approximate surface area is 174 Å². The summed E-state index contributed by atoms with van der Waals surface area (Å²) in [5.41, 5.74) is 3.73. The number of oxazole rings is 1. The van der Waals surface area contributed by atoms with Gasteiger partial charge < -0.3 is 14.1 Å². The quantitative estimate of drug-likeness (QED) is 0.665. The van der Waals surface area contributed by atoms with Gasteiger partial charge in [0.15, 0.2) is 5.58 Å². The minimum absolute atomic E-state index is 0.0435. The van der Waals surface area contributed by atoms with Gasteiger partial charge in [0.05, 0.1) is 12.1 Å². The van der Waals surface area contributed by atoms with Crippen molar-refractivity contribution in [3.8, 4) is 5.75 Å². The van der Waals surface area contributed by atoms with E-state index in [0.717, 1.165) is 38.4 Å². The van der Waals surface area contributed by atoms with E-state index in [0.29, 0.717) is 24.2 Å². The second-order valence-corrected chi connectivity index (χ2v) is 8.02. The lowest BCUT2D eigenvalue weighted by Crippen LogP contribution is -2.50. The maximum Gasteiger partial charge on any atom is 0.420 e. The molecule has 3 heterocycles. The number of ether oxygens (including phenoxy) is 1. The molecule has 1 saturated heterocycles. The van der Waals surface area contributed by atoms with E-state index in [1.165, 1.54) is 15.7 Å². The summed E-state index contributed by atoms with van der Waals surface area (Å²) in [7, 11) is 0. The number of rotatable bonds is 4. The molecular weight excluding hydrogens is 382 g/mol. The monoisotopic (exact) mass is 407 g/mol. The molecule has 0 bridgehead atoms. The summed E-state index contributed by atoms with van der Waals surface area (Å²) in [4.78, 5) is 29.6. The number of hydrogen-bond donors (Lipinski definition) is 0. The molecule has 1 atom stereocenters. The van der Waals surface area contributed by atoms with Gasteiger partial charge in [-0.1, -0.05) is 24.3 Å². The molecule has 2 aliphatic rings. The third-order valence-electron chi connectivity index (χ3n) is 6.11. The van der Waals surface area contributed by atoms with Gasteiger partial charge in [0.25, 0.3) is 0 Å². The number of fused-ring (bicyclic) bond motifs is 2. The third-order valence-corrected chi connectivity index (χ3v) is 6.11. The van der Waals surface area contributed by atoms with Crippen molar-refractivity contribution in [2.24, 2.45) is 0 Å². The lowest BCUT2D eigenvalue weighted by molar-refractivity contribution is -0.136. The van der Waals surface area contributed by atoms with Gasteiger partial charge in [-0.15, -0.1) is 0 Å². The Kier molecular flexibility index (Phi) is 4.83. The van der Waals surface area contributed by atoms with Crippen molar-refractivity contribution in [2.75, 3.05) is 32.8 Å². The molecule has 0 aliphatic carbocycles. The van der Waals surface area contributed by atoms with E-state index in [4.69, 9.17) is 9.15 Å². The predicted molar refractivity (Wildman–Crippen MR) is 113 cm³/mol. The number of benzene rings is 2. The Balaban J connectivity index is 1.23. The van der Waals surface area contributed by atoms with Gasteiger partial charge in [-0.2, -0.15) is 0 Å². The van der Waals surface area contributed by atoms with Crippen molar-refractivity contribution in [1.82, 2.24) is 14.4 Å². The molecule has 1 amide bonds. The molecule has 0 saturated carbocycles. The van der Waals surface area contributed by atoms with Crippen molar-refractivity contribution in [1.29, 1.82) is 0 Å². The van der Waals surface area contributed by atoms with Crippen LogP contribution in [0.4, 0.5) is 0 Å². The molecule has 7 nitrogen and oxygen atoms in total. The zero-order valence-electron chi connectivity index (χ0n) is 17.0. The van der Waals surface area contributed by atoms with Crippen LogP contribution in [0.5, 0.6) is 5.75 Å². The van der Waals surface area contributed by atoms with Gasteiger partial charge in [0, 0.05) is 39.1 Å². The van der Waals surface area contributed by atoms with E-state index in [1.54, 1.807) is 13.0 Å². The number of hydrogen-bond acceptors (Lipinski definition) is 5. The normalized spacial score (nSPS) is 17.7. The van der Waals surface area contributed by atoms with Crippen LogP contribution < -0.4 is 10.5 Å². The Morgan fingerprint density at radius 1 is 1.10 bits per heavy atom. The van der Waals surface area contributed by atoms with E-state index in [2.05, 4.69) is 23.1 Å². The second-order valence-electron chi connectivity index (χ2n) is 8.02. The topological polar surface area (TPSA) is 67.9 Å². The summed E-state index contributed by atoms with van der Waals surface area (Å²) in [5, 5.41) is 0. The first-order valence-electron chi connectivity index (χ1n) is 10.5. The van der Waals surface area contributed by atoms with Crippen LogP contribution in [0.1, 0.15) is 24.1 Å². The van der Waals surface area contributed by atoms with Crippen LogP contribution in [0.25, 0.3) is 11.1 Å².